The predicted octanol–water partition coefficient (Wildman–Crippen LogP) is -0.389. The second kappa shape index (κ2) is 6.44. The van der Waals surface area contributed by atoms with Gasteiger partial charge in [0.1, 0.15) is 0 Å². The minimum absolute atomic E-state index is 0.435. The van der Waals surface area contributed by atoms with E-state index in [-0.39, 0.29) is 0 Å². The molecule has 0 unspecified atom stereocenters. The van der Waals surface area contributed by atoms with Crippen LogP contribution < -0.4 is 0 Å². The third-order valence-electron chi connectivity index (χ3n) is 1.49. The summed E-state index contributed by atoms with van der Waals surface area (Å²) in [5, 5.41) is 18.6. The fourth-order valence-corrected chi connectivity index (χ4v) is 0.862. The highest BCUT2D eigenvalue weighted by Crippen LogP contribution is 2.03. The van der Waals surface area contributed by atoms with Gasteiger partial charge in [0.15, 0.2) is 12.2 Å². The summed E-state index contributed by atoms with van der Waals surface area (Å²) in [6.07, 6.45) is -4.71. The summed E-state index contributed by atoms with van der Waals surface area (Å²) in [7, 11) is 0. The highest BCUT2D eigenvalue weighted by Gasteiger charge is 2.33. The Balaban J connectivity index is 4.31. The van der Waals surface area contributed by atoms with Crippen molar-refractivity contribution in [3.05, 3.63) is 0 Å². The molecule has 2 atom stereocenters. The molecule has 6 heteroatoms. The quantitative estimate of drug-likeness (QED) is 0.629. The maximum atomic E-state index is 11.1. The molecular weight excluding hydrogens is 216 g/mol. The van der Waals surface area contributed by atoms with Gasteiger partial charge >= 0.3 is 11.9 Å². The van der Waals surface area contributed by atoms with Gasteiger partial charge in [0.2, 0.25) is 0 Å². The van der Waals surface area contributed by atoms with Crippen molar-refractivity contribution in [3.63, 3.8) is 0 Å². The Morgan fingerprint density at radius 2 is 1.06 bits per heavy atom. The number of aliphatic hydroxyl groups is 2. The predicted molar refractivity (Wildman–Crippen MR) is 54.5 cm³/mol. The van der Waals surface area contributed by atoms with Crippen LogP contribution in [0.2, 0.25) is 0 Å². The van der Waals surface area contributed by atoms with Crippen LogP contribution in [0.15, 0.2) is 0 Å². The van der Waals surface area contributed by atoms with Crippen LogP contribution in [-0.4, -0.2) is 46.6 Å². The zero-order valence-corrected chi connectivity index (χ0v) is 9.84. The summed E-state index contributed by atoms with van der Waals surface area (Å²) in [5.41, 5.74) is 0. The van der Waals surface area contributed by atoms with E-state index in [4.69, 9.17) is 0 Å². The van der Waals surface area contributed by atoms with Crippen molar-refractivity contribution < 1.29 is 29.3 Å². The molecule has 0 saturated carbocycles. The number of aliphatic hydroxyl groups excluding tert-OH is 2. The molecule has 0 rings (SSSR count). The SMILES string of the molecule is CC(C)OC(=O)[C@H](O)[C@@H](O)C(=O)OC(C)C. The minimum atomic E-state index is -1.92. The van der Waals surface area contributed by atoms with Crippen LogP contribution in [0.25, 0.3) is 0 Å². The third kappa shape index (κ3) is 5.09. The highest BCUT2D eigenvalue weighted by molar-refractivity contribution is 5.85. The lowest BCUT2D eigenvalue weighted by molar-refractivity contribution is -0.177. The number of rotatable bonds is 5. The van der Waals surface area contributed by atoms with Crippen LogP contribution in [0.1, 0.15) is 27.7 Å². The van der Waals surface area contributed by atoms with Crippen molar-refractivity contribution in [1.29, 1.82) is 0 Å². The lowest BCUT2D eigenvalue weighted by Gasteiger charge is -2.18. The van der Waals surface area contributed by atoms with E-state index < -0.39 is 36.4 Å². The maximum Gasteiger partial charge on any atom is 0.338 e. The summed E-state index contributed by atoms with van der Waals surface area (Å²) in [5.74, 6) is -2.11. The van der Waals surface area contributed by atoms with Crippen molar-refractivity contribution in [2.45, 2.75) is 52.1 Å². The Morgan fingerprint density at radius 1 is 0.812 bits per heavy atom. The van der Waals surface area contributed by atoms with Gasteiger partial charge in [-0.1, -0.05) is 0 Å². The third-order valence-corrected chi connectivity index (χ3v) is 1.49. The molecule has 16 heavy (non-hydrogen) atoms. The average molecular weight is 234 g/mol. The molecule has 0 amide bonds. The topological polar surface area (TPSA) is 93.1 Å². The molecular formula is C10H18O6. The first-order chi connectivity index (χ1) is 7.25. The molecule has 2 N–H and O–H groups in total. The number of carbonyl (C=O) groups is 2. The van der Waals surface area contributed by atoms with Crippen molar-refractivity contribution in [2.75, 3.05) is 0 Å². The van der Waals surface area contributed by atoms with E-state index >= 15 is 0 Å². The normalized spacial score (nSPS) is 14.8. The van der Waals surface area contributed by atoms with Gasteiger partial charge in [-0.25, -0.2) is 9.59 Å². The summed E-state index contributed by atoms with van der Waals surface area (Å²) in [6, 6.07) is 0. The molecule has 0 spiro atoms. The standard InChI is InChI=1S/C10H18O6/c1-5(2)15-9(13)7(11)8(12)10(14)16-6(3)4/h5-8,11-12H,1-4H3/t7-,8-/m1/s1. The molecule has 0 aliphatic carbocycles. The molecule has 0 aliphatic rings. The van der Waals surface area contributed by atoms with Crippen LogP contribution in [0.4, 0.5) is 0 Å². The summed E-state index contributed by atoms with van der Waals surface area (Å²) < 4.78 is 9.26. The minimum Gasteiger partial charge on any atom is -0.461 e. The zero-order valence-electron chi connectivity index (χ0n) is 9.84. The number of hydrogen-bond donors (Lipinski definition) is 2. The van der Waals surface area contributed by atoms with Gasteiger partial charge in [0.25, 0.3) is 0 Å². The molecule has 0 bridgehead atoms. The van der Waals surface area contributed by atoms with Crippen molar-refractivity contribution in [2.24, 2.45) is 0 Å². The summed E-state index contributed by atoms with van der Waals surface area (Å²) in [6.45, 7) is 6.35. The molecule has 0 heterocycles. The van der Waals surface area contributed by atoms with Gasteiger partial charge < -0.3 is 19.7 Å². The molecule has 0 aromatic rings. The number of ether oxygens (including phenoxy) is 2. The number of carbonyl (C=O) groups excluding carboxylic acids is 2. The van der Waals surface area contributed by atoms with E-state index in [9.17, 15) is 19.8 Å². The van der Waals surface area contributed by atoms with Gasteiger partial charge in [0, 0.05) is 0 Å². The lowest BCUT2D eigenvalue weighted by Crippen LogP contribution is -2.43. The molecule has 6 nitrogen and oxygen atoms in total. The average Bonchev–Trinajstić information content (AvgIpc) is 2.13. The van der Waals surface area contributed by atoms with E-state index in [2.05, 4.69) is 9.47 Å². The molecule has 0 radical (unpaired) electrons. The monoisotopic (exact) mass is 234 g/mol. The van der Waals surface area contributed by atoms with Gasteiger partial charge in [-0.2, -0.15) is 0 Å². The first-order valence-corrected chi connectivity index (χ1v) is 5.02. The fraction of sp³-hybridized carbons (Fsp3) is 0.800. The Hall–Kier alpha value is -1.14. The van der Waals surface area contributed by atoms with E-state index in [0.29, 0.717) is 0 Å². The second-order valence-corrected chi connectivity index (χ2v) is 3.86. The van der Waals surface area contributed by atoms with E-state index in [1.165, 1.54) is 0 Å². The molecule has 0 aliphatic heterocycles. The second-order valence-electron chi connectivity index (χ2n) is 3.86. The van der Waals surface area contributed by atoms with Crippen LogP contribution in [-0.2, 0) is 19.1 Å². The molecule has 0 saturated heterocycles. The fourth-order valence-electron chi connectivity index (χ4n) is 0.862. The van der Waals surface area contributed by atoms with Crippen LogP contribution in [0, 0.1) is 0 Å². The Labute approximate surface area is 94.2 Å². The van der Waals surface area contributed by atoms with Crippen molar-refractivity contribution in [1.82, 2.24) is 0 Å². The maximum absolute atomic E-state index is 11.1. The van der Waals surface area contributed by atoms with Gasteiger partial charge in [-0.3, -0.25) is 0 Å². The van der Waals surface area contributed by atoms with Gasteiger partial charge in [-0.15, -0.1) is 0 Å². The number of esters is 2. The highest BCUT2D eigenvalue weighted by atomic mass is 16.6. The first kappa shape index (κ1) is 14.9. The molecule has 0 aromatic heterocycles. The first-order valence-electron chi connectivity index (χ1n) is 5.02. The summed E-state index contributed by atoms with van der Waals surface area (Å²) in [4.78, 5) is 22.3. The van der Waals surface area contributed by atoms with Gasteiger partial charge in [0.05, 0.1) is 12.2 Å². The lowest BCUT2D eigenvalue weighted by atomic mass is 10.2. The smallest absolute Gasteiger partial charge is 0.338 e. The molecule has 94 valence electrons. The van der Waals surface area contributed by atoms with Crippen molar-refractivity contribution >= 4 is 11.9 Å². The van der Waals surface area contributed by atoms with E-state index in [1.807, 2.05) is 0 Å². The van der Waals surface area contributed by atoms with Crippen molar-refractivity contribution in [3.8, 4) is 0 Å². The molecule has 0 fully saturated rings. The van der Waals surface area contributed by atoms with E-state index in [0.717, 1.165) is 0 Å². The van der Waals surface area contributed by atoms with Gasteiger partial charge in [-0.05, 0) is 27.7 Å². The van der Waals surface area contributed by atoms with Crippen LogP contribution >= 0.6 is 0 Å². The Morgan fingerprint density at radius 3 is 1.25 bits per heavy atom. The van der Waals surface area contributed by atoms with Crippen LogP contribution in [0.5, 0.6) is 0 Å². The Kier molecular flexibility index (Phi) is 5.98. The Bertz CT molecular complexity index is 222. The summed E-state index contributed by atoms with van der Waals surface area (Å²) >= 11 is 0. The largest absolute Gasteiger partial charge is 0.461 e. The molecule has 0 aromatic carbocycles. The van der Waals surface area contributed by atoms with Crippen LogP contribution in [0.3, 0.4) is 0 Å². The van der Waals surface area contributed by atoms with E-state index in [1.54, 1.807) is 27.7 Å². The zero-order chi connectivity index (χ0) is 12.9. The number of hydrogen-bond acceptors (Lipinski definition) is 6.